The molecule has 1 heterocycles. The summed E-state index contributed by atoms with van der Waals surface area (Å²) in [5.74, 6) is 0. The van der Waals surface area contributed by atoms with Gasteiger partial charge in [-0.2, -0.15) is 18.3 Å². The van der Waals surface area contributed by atoms with Crippen LogP contribution in [0.15, 0.2) is 24.3 Å². The van der Waals surface area contributed by atoms with Gasteiger partial charge in [0.2, 0.25) is 0 Å². The smallest absolute Gasteiger partial charge is 0.379 e. The first-order valence-electron chi connectivity index (χ1n) is 6.43. The highest BCUT2D eigenvalue weighted by molar-refractivity contribution is 6.30. The zero-order chi connectivity index (χ0) is 15.6. The minimum absolute atomic E-state index is 0.00569. The highest BCUT2D eigenvalue weighted by atomic mass is 35.5. The summed E-state index contributed by atoms with van der Waals surface area (Å²) in [6.45, 7) is 2.23. The van der Waals surface area contributed by atoms with Gasteiger partial charge in [0.15, 0.2) is 0 Å². The molecule has 1 N–H and O–H groups in total. The molecule has 114 valence electrons. The third kappa shape index (κ3) is 3.69. The second kappa shape index (κ2) is 5.97. The molecule has 0 aliphatic rings. The predicted molar refractivity (Wildman–Crippen MR) is 76.4 cm³/mol. The van der Waals surface area contributed by atoms with Gasteiger partial charge in [0, 0.05) is 17.8 Å². The molecular weight excluding hydrogens is 303 g/mol. The summed E-state index contributed by atoms with van der Waals surface area (Å²) in [7, 11) is 1.77. The number of nitrogens with one attached hydrogen (secondary N) is 1. The molecule has 0 saturated carbocycles. The van der Waals surface area contributed by atoms with E-state index in [0.29, 0.717) is 0 Å². The maximum atomic E-state index is 13.0. The predicted octanol–water partition coefficient (Wildman–Crippen LogP) is 4.27. The van der Waals surface area contributed by atoms with Crippen molar-refractivity contribution in [3.05, 3.63) is 46.2 Å². The Morgan fingerprint density at radius 3 is 2.57 bits per heavy atom. The fourth-order valence-corrected chi connectivity index (χ4v) is 2.17. The minimum Gasteiger partial charge on any atom is -0.379 e. The number of rotatable bonds is 4. The molecule has 1 aromatic carbocycles. The Balaban J connectivity index is 2.22. The van der Waals surface area contributed by atoms with Crippen molar-refractivity contribution in [1.82, 2.24) is 9.78 Å². The Morgan fingerprint density at radius 1 is 1.29 bits per heavy atom. The molecule has 0 unspecified atom stereocenters. The monoisotopic (exact) mass is 317 g/mol. The molecule has 0 aliphatic heterocycles. The molecule has 1 aromatic heterocycles. The van der Waals surface area contributed by atoms with Crippen LogP contribution >= 0.6 is 11.6 Å². The number of nitrogens with zero attached hydrogens (tertiary/aromatic N) is 2. The molecule has 0 aliphatic carbocycles. The Bertz CT molecular complexity index is 635. The summed E-state index contributed by atoms with van der Waals surface area (Å²) in [6, 6.07) is 5.56. The standard InChI is InChI=1S/C14H15ClF3N3/c1-3-10-7-11(21(2)20-10)8-19-13-5-4-9(15)6-12(13)14(16,17)18/h4-7,19H,3,8H2,1-2H3. The van der Waals surface area contributed by atoms with E-state index in [-0.39, 0.29) is 17.3 Å². The molecule has 0 fully saturated rings. The summed E-state index contributed by atoms with van der Waals surface area (Å²) < 4.78 is 40.6. The van der Waals surface area contributed by atoms with E-state index in [1.54, 1.807) is 11.7 Å². The van der Waals surface area contributed by atoms with Crippen LogP contribution in [0.1, 0.15) is 23.9 Å². The Labute approximate surface area is 125 Å². The summed E-state index contributed by atoms with van der Waals surface area (Å²) in [5.41, 5.74) is 0.954. The number of halogens is 4. The Kier molecular flexibility index (Phi) is 4.46. The lowest BCUT2D eigenvalue weighted by Gasteiger charge is -2.15. The maximum absolute atomic E-state index is 13.0. The molecule has 0 bridgehead atoms. The van der Waals surface area contributed by atoms with E-state index in [1.807, 2.05) is 13.0 Å². The first-order valence-corrected chi connectivity index (χ1v) is 6.81. The number of hydrogen-bond acceptors (Lipinski definition) is 2. The lowest BCUT2D eigenvalue weighted by Crippen LogP contribution is -2.12. The molecule has 0 saturated heterocycles. The van der Waals surface area contributed by atoms with Crippen LogP contribution < -0.4 is 5.32 Å². The molecule has 2 rings (SSSR count). The Hall–Kier alpha value is -1.69. The van der Waals surface area contributed by atoms with Crippen LogP contribution in [0.2, 0.25) is 5.02 Å². The molecule has 21 heavy (non-hydrogen) atoms. The van der Waals surface area contributed by atoms with Gasteiger partial charge in [0.05, 0.1) is 23.5 Å². The van der Waals surface area contributed by atoms with Crippen molar-refractivity contribution in [2.45, 2.75) is 26.1 Å². The molecule has 0 radical (unpaired) electrons. The zero-order valence-electron chi connectivity index (χ0n) is 11.6. The van der Waals surface area contributed by atoms with E-state index in [4.69, 9.17) is 11.6 Å². The zero-order valence-corrected chi connectivity index (χ0v) is 12.4. The topological polar surface area (TPSA) is 29.9 Å². The fourth-order valence-electron chi connectivity index (χ4n) is 2.00. The Morgan fingerprint density at radius 2 is 2.00 bits per heavy atom. The van der Waals surface area contributed by atoms with Crippen LogP contribution in [0.5, 0.6) is 0 Å². The van der Waals surface area contributed by atoms with E-state index < -0.39 is 11.7 Å². The second-order valence-electron chi connectivity index (χ2n) is 4.65. The van der Waals surface area contributed by atoms with E-state index >= 15 is 0 Å². The van der Waals surface area contributed by atoms with Gasteiger partial charge in [0.1, 0.15) is 0 Å². The van der Waals surface area contributed by atoms with Crippen LogP contribution in [0.4, 0.5) is 18.9 Å². The van der Waals surface area contributed by atoms with Crippen LogP contribution in [0, 0.1) is 0 Å². The highest BCUT2D eigenvalue weighted by Gasteiger charge is 2.33. The molecule has 7 heteroatoms. The summed E-state index contributed by atoms with van der Waals surface area (Å²) in [5, 5.41) is 7.12. The number of benzene rings is 1. The molecule has 0 spiro atoms. The van der Waals surface area contributed by atoms with Crippen molar-refractivity contribution < 1.29 is 13.2 Å². The van der Waals surface area contributed by atoms with Crippen LogP contribution in [0.25, 0.3) is 0 Å². The van der Waals surface area contributed by atoms with Gasteiger partial charge in [-0.25, -0.2) is 0 Å². The first kappa shape index (κ1) is 15.7. The summed E-state index contributed by atoms with van der Waals surface area (Å²) in [4.78, 5) is 0. The van der Waals surface area contributed by atoms with Crippen molar-refractivity contribution in [1.29, 1.82) is 0 Å². The number of anilines is 1. The number of hydrogen-bond donors (Lipinski definition) is 1. The normalized spacial score (nSPS) is 11.7. The van der Waals surface area contributed by atoms with Crippen molar-refractivity contribution in [3.63, 3.8) is 0 Å². The van der Waals surface area contributed by atoms with E-state index in [1.165, 1.54) is 12.1 Å². The van der Waals surface area contributed by atoms with E-state index in [0.717, 1.165) is 23.9 Å². The number of aryl methyl sites for hydroxylation is 2. The maximum Gasteiger partial charge on any atom is 0.418 e. The quantitative estimate of drug-likeness (QED) is 0.912. The van der Waals surface area contributed by atoms with Crippen molar-refractivity contribution >= 4 is 17.3 Å². The summed E-state index contributed by atoms with van der Waals surface area (Å²) >= 11 is 5.65. The summed E-state index contributed by atoms with van der Waals surface area (Å²) in [6.07, 6.45) is -3.67. The third-order valence-corrected chi connectivity index (χ3v) is 3.37. The van der Waals surface area contributed by atoms with Gasteiger partial charge in [-0.1, -0.05) is 18.5 Å². The van der Waals surface area contributed by atoms with Crippen molar-refractivity contribution in [2.75, 3.05) is 5.32 Å². The average Bonchev–Trinajstić information content (AvgIpc) is 2.77. The minimum atomic E-state index is -4.45. The largest absolute Gasteiger partial charge is 0.418 e. The van der Waals surface area contributed by atoms with Crippen LogP contribution in [0.3, 0.4) is 0 Å². The number of alkyl halides is 3. The molecule has 0 amide bonds. The molecule has 2 aromatic rings. The number of aromatic nitrogens is 2. The van der Waals surface area contributed by atoms with Gasteiger partial charge in [-0.15, -0.1) is 0 Å². The van der Waals surface area contributed by atoms with Crippen LogP contribution in [-0.2, 0) is 26.2 Å². The SMILES string of the molecule is CCc1cc(CNc2ccc(Cl)cc2C(F)(F)F)n(C)n1. The van der Waals surface area contributed by atoms with Crippen LogP contribution in [-0.4, -0.2) is 9.78 Å². The molecule has 3 nitrogen and oxygen atoms in total. The van der Waals surface area contributed by atoms with Crippen molar-refractivity contribution in [2.24, 2.45) is 7.05 Å². The van der Waals surface area contributed by atoms with Gasteiger partial charge in [-0.3, -0.25) is 4.68 Å². The van der Waals surface area contributed by atoms with Crippen molar-refractivity contribution in [3.8, 4) is 0 Å². The van der Waals surface area contributed by atoms with Gasteiger partial charge in [0.25, 0.3) is 0 Å². The molecular formula is C14H15ClF3N3. The lowest BCUT2D eigenvalue weighted by molar-refractivity contribution is -0.136. The first-order chi connectivity index (χ1) is 9.81. The third-order valence-electron chi connectivity index (χ3n) is 3.14. The van der Waals surface area contributed by atoms with Gasteiger partial charge >= 0.3 is 6.18 Å². The van der Waals surface area contributed by atoms with Gasteiger partial charge in [-0.05, 0) is 30.7 Å². The highest BCUT2D eigenvalue weighted by Crippen LogP contribution is 2.36. The lowest BCUT2D eigenvalue weighted by atomic mass is 10.1. The fraction of sp³-hybridized carbons (Fsp3) is 0.357. The van der Waals surface area contributed by atoms with E-state index in [9.17, 15) is 13.2 Å². The van der Waals surface area contributed by atoms with Gasteiger partial charge < -0.3 is 5.32 Å². The molecule has 0 atom stereocenters. The second-order valence-corrected chi connectivity index (χ2v) is 5.08. The average molecular weight is 318 g/mol. The van der Waals surface area contributed by atoms with E-state index in [2.05, 4.69) is 10.4 Å².